The summed E-state index contributed by atoms with van der Waals surface area (Å²) < 4.78 is 0.481. The number of nitrogens with zero attached hydrogens (tertiary/aromatic N) is 2. The molecule has 0 N–H and O–H groups in total. The Kier molecular flexibility index (Phi) is 2.69. The van der Waals surface area contributed by atoms with E-state index in [2.05, 4.69) is 0 Å². The van der Waals surface area contributed by atoms with E-state index >= 15 is 0 Å². The zero-order valence-electron chi connectivity index (χ0n) is 10.8. The third kappa shape index (κ3) is 1.77. The van der Waals surface area contributed by atoms with Gasteiger partial charge in [-0.2, -0.15) is 0 Å². The van der Waals surface area contributed by atoms with Gasteiger partial charge in [0.05, 0.1) is 11.2 Å². The Morgan fingerprint density at radius 1 is 1.32 bits per heavy atom. The number of piperidine rings is 1. The van der Waals surface area contributed by atoms with Crippen LogP contribution in [0.5, 0.6) is 0 Å². The Labute approximate surface area is 110 Å². The third-order valence-electron chi connectivity index (χ3n) is 3.92. The summed E-state index contributed by atoms with van der Waals surface area (Å²) in [5.41, 5.74) is 2.82. The number of benzene rings is 1. The van der Waals surface area contributed by atoms with Crippen LogP contribution < -0.4 is 4.90 Å². The van der Waals surface area contributed by atoms with Crippen molar-refractivity contribution in [2.45, 2.75) is 32.2 Å². The van der Waals surface area contributed by atoms with Crippen LogP contribution in [0.4, 0.5) is 5.69 Å². The lowest BCUT2D eigenvalue weighted by Crippen LogP contribution is -2.49. The van der Waals surface area contributed by atoms with E-state index in [1.807, 2.05) is 25.1 Å². The molecule has 1 aromatic rings. The molecule has 0 aromatic heterocycles. The van der Waals surface area contributed by atoms with Gasteiger partial charge < -0.3 is 0 Å². The van der Waals surface area contributed by atoms with E-state index in [0.29, 0.717) is 24.0 Å². The normalized spacial score (nSPS) is 22.9. The fraction of sp³-hybridized carbons (Fsp3) is 0.429. The molecule has 1 saturated heterocycles. The first-order valence-electron chi connectivity index (χ1n) is 6.48. The maximum absolute atomic E-state index is 12.2. The number of carbonyl (C=O) groups excluding carboxylic acids is 2. The highest BCUT2D eigenvalue weighted by molar-refractivity contribution is 6.05. The Balaban J connectivity index is 2.03. The Hall–Kier alpha value is -2.04. The van der Waals surface area contributed by atoms with Gasteiger partial charge in [-0.05, 0) is 30.5 Å². The van der Waals surface area contributed by atoms with Crippen LogP contribution >= 0.6 is 0 Å². The van der Waals surface area contributed by atoms with Crippen molar-refractivity contribution in [1.82, 2.24) is 0 Å². The molecule has 5 nitrogen and oxygen atoms in total. The summed E-state index contributed by atoms with van der Waals surface area (Å²) in [5.74, 6) is -0.577. The highest BCUT2D eigenvalue weighted by atomic mass is 16.3. The largest absolute Gasteiger partial charge is 0.455 e. The number of anilines is 1. The van der Waals surface area contributed by atoms with E-state index in [0.717, 1.165) is 16.8 Å². The summed E-state index contributed by atoms with van der Waals surface area (Å²) in [6.07, 6.45) is 1.53. The van der Waals surface area contributed by atoms with Gasteiger partial charge >= 0.3 is 5.91 Å². The molecule has 19 heavy (non-hydrogen) atoms. The molecule has 5 heteroatoms. The van der Waals surface area contributed by atoms with Crippen LogP contribution in [-0.2, 0) is 16.0 Å². The van der Waals surface area contributed by atoms with E-state index in [1.165, 1.54) is 4.90 Å². The number of amides is 2. The van der Waals surface area contributed by atoms with Crippen LogP contribution in [0.1, 0.15) is 24.0 Å². The van der Waals surface area contributed by atoms with Crippen molar-refractivity contribution in [3.8, 4) is 0 Å². The lowest BCUT2D eigenvalue weighted by atomic mass is 10.0. The van der Waals surface area contributed by atoms with Crippen molar-refractivity contribution in [3.63, 3.8) is 0 Å². The minimum Gasteiger partial charge on any atom is -0.294 e. The molecule has 0 bridgehead atoms. The number of rotatable bonds is 1. The number of hydrogen-bond acceptors (Lipinski definition) is 3. The van der Waals surface area contributed by atoms with Crippen molar-refractivity contribution < 1.29 is 14.3 Å². The Morgan fingerprint density at radius 2 is 2.11 bits per heavy atom. The average Bonchev–Trinajstić information content (AvgIpc) is 2.71. The monoisotopic (exact) mass is 259 g/mol. The van der Waals surface area contributed by atoms with Gasteiger partial charge in [-0.25, -0.2) is 4.79 Å². The minimum absolute atomic E-state index is 0.0852. The first-order valence-corrected chi connectivity index (χ1v) is 6.48. The average molecular weight is 259 g/mol. The van der Waals surface area contributed by atoms with Crippen molar-refractivity contribution in [1.29, 1.82) is 0 Å². The predicted octanol–water partition coefficient (Wildman–Crippen LogP) is 1.35. The molecule has 1 atom stereocenters. The maximum atomic E-state index is 12.2. The molecule has 2 aliphatic rings. The van der Waals surface area contributed by atoms with Crippen LogP contribution in [0.3, 0.4) is 0 Å². The Morgan fingerprint density at radius 3 is 2.89 bits per heavy atom. The van der Waals surface area contributed by atoms with Crippen LogP contribution in [-0.4, -0.2) is 29.2 Å². The van der Waals surface area contributed by atoms with Crippen LogP contribution in [0, 0.1) is 11.8 Å². The molecular weight excluding hydrogens is 244 g/mol. The molecule has 2 heterocycles. The van der Waals surface area contributed by atoms with E-state index in [9.17, 15) is 14.5 Å². The van der Waals surface area contributed by atoms with Gasteiger partial charge in [0.1, 0.15) is 0 Å². The van der Waals surface area contributed by atoms with E-state index in [4.69, 9.17) is 0 Å². The first-order chi connectivity index (χ1) is 9.09. The van der Waals surface area contributed by atoms with E-state index in [-0.39, 0.29) is 12.5 Å². The highest BCUT2D eigenvalue weighted by Gasteiger charge is 2.46. The lowest BCUT2D eigenvalue weighted by Gasteiger charge is -2.25. The number of carbonyl (C=O) groups is 2. The number of fused-ring (bicyclic) bond motifs is 1. The number of nitroso groups, excluding NO2 is 1. The van der Waals surface area contributed by atoms with Gasteiger partial charge in [-0.15, -0.1) is 0 Å². The summed E-state index contributed by atoms with van der Waals surface area (Å²) in [6.45, 7) is 2.19. The standard InChI is InChI=1S/C14H15N2O3/c1-9-4-2-5-11-10(9)8-13(17)16(11)12-6-3-7-15(19)14(12)18/h2,4-5,12H,3,6-8H2,1H3/q+1. The Bertz CT molecular complexity index is 594. The smallest absolute Gasteiger partial charge is 0.294 e. The lowest BCUT2D eigenvalue weighted by molar-refractivity contribution is -0.477. The highest BCUT2D eigenvalue weighted by Crippen LogP contribution is 2.34. The third-order valence-corrected chi connectivity index (χ3v) is 3.92. The molecule has 0 radical (unpaired) electrons. The van der Waals surface area contributed by atoms with Gasteiger partial charge in [0.15, 0.2) is 6.04 Å². The van der Waals surface area contributed by atoms with Crippen LogP contribution in [0.25, 0.3) is 0 Å². The number of hydrogen-bond donors (Lipinski definition) is 0. The molecule has 0 saturated carbocycles. The molecule has 2 amide bonds. The topological polar surface area (TPSA) is 57.5 Å². The quantitative estimate of drug-likeness (QED) is 0.715. The second-order valence-corrected chi connectivity index (χ2v) is 5.11. The molecule has 0 aliphatic carbocycles. The fourth-order valence-corrected chi connectivity index (χ4v) is 2.92. The van der Waals surface area contributed by atoms with Crippen LogP contribution in [0.2, 0.25) is 0 Å². The second kappa shape index (κ2) is 4.26. The SMILES string of the molecule is Cc1cccc2c1CC(=O)N2C1CCC[N+](=O)C1=O. The van der Waals surface area contributed by atoms with Gasteiger partial charge in [0.25, 0.3) is 0 Å². The van der Waals surface area contributed by atoms with Crippen molar-refractivity contribution in [2.24, 2.45) is 0 Å². The second-order valence-electron chi connectivity index (χ2n) is 5.11. The molecular formula is C14H15N2O3+. The van der Waals surface area contributed by atoms with Crippen molar-refractivity contribution in [3.05, 3.63) is 34.2 Å². The molecule has 2 aliphatic heterocycles. The van der Waals surface area contributed by atoms with Gasteiger partial charge in [0, 0.05) is 17.0 Å². The molecule has 1 aromatic carbocycles. The summed E-state index contributed by atoms with van der Waals surface area (Å²) >= 11 is 0. The van der Waals surface area contributed by atoms with Gasteiger partial charge in [-0.3, -0.25) is 9.69 Å². The molecule has 0 spiro atoms. The van der Waals surface area contributed by atoms with Crippen LogP contribution in [0.15, 0.2) is 18.2 Å². The van der Waals surface area contributed by atoms with Crippen molar-refractivity contribution >= 4 is 17.5 Å². The number of aryl methyl sites for hydroxylation is 1. The zero-order chi connectivity index (χ0) is 13.6. The maximum Gasteiger partial charge on any atom is 0.455 e. The summed E-state index contributed by atoms with van der Waals surface area (Å²) in [6, 6.07) is 5.06. The fourth-order valence-electron chi connectivity index (χ4n) is 2.92. The van der Waals surface area contributed by atoms with Crippen molar-refractivity contribution in [2.75, 3.05) is 11.4 Å². The molecule has 1 unspecified atom stereocenters. The van der Waals surface area contributed by atoms with Gasteiger partial charge in [0.2, 0.25) is 12.5 Å². The zero-order valence-corrected chi connectivity index (χ0v) is 10.8. The van der Waals surface area contributed by atoms with E-state index in [1.54, 1.807) is 0 Å². The molecule has 98 valence electrons. The predicted molar refractivity (Wildman–Crippen MR) is 68.9 cm³/mol. The summed E-state index contributed by atoms with van der Waals surface area (Å²) in [7, 11) is 0. The first kappa shape index (κ1) is 12.0. The molecule has 1 fully saturated rings. The summed E-state index contributed by atoms with van der Waals surface area (Å²) in [5, 5.41) is 0. The molecule has 3 rings (SSSR count). The van der Waals surface area contributed by atoms with E-state index < -0.39 is 11.9 Å². The minimum atomic E-state index is -0.623. The summed E-state index contributed by atoms with van der Waals surface area (Å²) in [4.78, 5) is 37.2. The van der Waals surface area contributed by atoms with Gasteiger partial charge in [-0.1, -0.05) is 12.1 Å².